The quantitative estimate of drug-likeness (QED) is 0.739. The molecule has 0 unspecified atom stereocenters. The Bertz CT molecular complexity index is 667. The average molecular weight is 407 g/mol. The largest absolute Gasteiger partial charge is 0.465 e. The minimum Gasteiger partial charge on any atom is -0.465 e. The Hall–Kier alpha value is -1.09. The maximum absolute atomic E-state index is 10.9. The predicted octanol–water partition coefficient (Wildman–Crippen LogP) is 2.84. The van der Waals surface area contributed by atoms with E-state index in [1.807, 2.05) is 10.6 Å². The van der Waals surface area contributed by atoms with Crippen molar-refractivity contribution in [1.29, 1.82) is 0 Å². The van der Waals surface area contributed by atoms with Gasteiger partial charge in [0.05, 0.1) is 0 Å². The van der Waals surface area contributed by atoms with Crippen LogP contribution in [0, 0.1) is 3.70 Å². The highest BCUT2D eigenvalue weighted by Crippen LogP contribution is 2.31. The van der Waals surface area contributed by atoms with E-state index in [-0.39, 0.29) is 5.92 Å². The van der Waals surface area contributed by atoms with Gasteiger partial charge >= 0.3 is 6.09 Å². The van der Waals surface area contributed by atoms with E-state index in [9.17, 15) is 4.79 Å². The molecule has 0 radical (unpaired) electrons. The molecule has 106 valence electrons. The summed E-state index contributed by atoms with van der Waals surface area (Å²) in [6, 6.07) is 0. The van der Waals surface area contributed by atoms with E-state index < -0.39 is 6.09 Å². The molecule has 0 aliphatic carbocycles. The summed E-state index contributed by atoms with van der Waals surface area (Å²) in [6.45, 7) is 1.09. The zero-order chi connectivity index (χ0) is 14.3. The summed E-state index contributed by atoms with van der Waals surface area (Å²) in [5, 5.41) is 9.43. The number of carboxylic acid groups (broad SMARTS) is 1. The van der Waals surface area contributed by atoms with Crippen molar-refractivity contribution < 1.29 is 9.90 Å². The minimum atomic E-state index is -0.849. The van der Waals surface area contributed by atoms with Crippen LogP contribution in [-0.4, -0.2) is 43.6 Å². The number of halogens is 2. The minimum absolute atomic E-state index is 0.250. The van der Waals surface area contributed by atoms with Crippen LogP contribution >= 0.6 is 34.2 Å². The molecule has 1 amide bonds. The topological polar surface area (TPSA) is 70.7 Å². The molecule has 6 nitrogen and oxygen atoms in total. The van der Waals surface area contributed by atoms with Crippen molar-refractivity contribution in [3.63, 3.8) is 0 Å². The van der Waals surface area contributed by atoms with E-state index in [0.29, 0.717) is 18.2 Å². The standard InChI is InChI=1S/C12H12ClIN4O2/c13-9-8-10(14)16-11(18(8)6-3-15-9)7-1-4-17(5-2-7)12(19)20/h3,6-7H,1-2,4-5H2,(H,19,20). The van der Waals surface area contributed by atoms with Gasteiger partial charge < -0.3 is 10.0 Å². The number of imidazole rings is 1. The Balaban J connectivity index is 1.92. The van der Waals surface area contributed by atoms with Gasteiger partial charge in [0.1, 0.15) is 15.0 Å². The lowest BCUT2D eigenvalue weighted by atomic mass is 9.96. The van der Waals surface area contributed by atoms with Gasteiger partial charge in [0.15, 0.2) is 5.15 Å². The number of carbonyl (C=O) groups is 1. The number of hydrogen-bond acceptors (Lipinski definition) is 3. The number of nitrogens with zero attached hydrogens (tertiary/aromatic N) is 4. The van der Waals surface area contributed by atoms with Gasteiger partial charge in [-0.25, -0.2) is 14.8 Å². The number of hydrogen-bond donors (Lipinski definition) is 1. The van der Waals surface area contributed by atoms with Gasteiger partial charge in [-0.15, -0.1) is 0 Å². The number of aromatic nitrogens is 3. The number of piperidine rings is 1. The molecule has 0 bridgehead atoms. The van der Waals surface area contributed by atoms with Crippen molar-refractivity contribution in [2.45, 2.75) is 18.8 Å². The lowest BCUT2D eigenvalue weighted by Crippen LogP contribution is -2.37. The summed E-state index contributed by atoms with van der Waals surface area (Å²) in [5.74, 6) is 1.19. The van der Waals surface area contributed by atoms with E-state index in [0.717, 1.165) is 27.9 Å². The van der Waals surface area contributed by atoms with E-state index in [2.05, 4.69) is 32.6 Å². The van der Waals surface area contributed by atoms with E-state index in [1.54, 1.807) is 6.20 Å². The van der Waals surface area contributed by atoms with Gasteiger partial charge in [-0.2, -0.15) is 0 Å². The molecule has 2 aromatic heterocycles. The number of fused-ring (bicyclic) bond motifs is 1. The van der Waals surface area contributed by atoms with Crippen LogP contribution in [0.1, 0.15) is 24.6 Å². The zero-order valence-corrected chi connectivity index (χ0v) is 13.4. The molecule has 0 atom stereocenters. The smallest absolute Gasteiger partial charge is 0.407 e. The predicted molar refractivity (Wildman–Crippen MR) is 82.3 cm³/mol. The fourth-order valence-corrected chi connectivity index (χ4v) is 3.76. The van der Waals surface area contributed by atoms with Crippen molar-refractivity contribution in [3.05, 3.63) is 27.1 Å². The van der Waals surface area contributed by atoms with Gasteiger partial charge in [0, 0.05) is 31.4 Å². The fourth-order valence-electron chi connectivity index (χ4n) is 2.60. The van der Waals surface area contributed by atoms with Gasteiger partial charge in [0.25, 0.3) is 0 Å². The number of likely N-dealkylation sites (tertiary alicyclic amines) is 1. The van der Waals surface area contributed by atoms with Crippen molar-refractivity contribution in [3.8, 4) is 0 Å². The Morgan fingerprint density at radius 3 is 2.80 bits per heavy atom. The molecule has 1 fully saturated rings. The second kappa shape index (κ2) is 5.36. The third-order valence-electron chi connectivity index (χ3n) is 3.63. The SMILES string of the molecule is O=C(O)N1CCC(c2nc(I)c3c(Cl)nccn23)CC1. The second-order valence-corrected chi connectivity index (χ2v) is 6.12. The molecule has 8 heteroatoms. The van der Waals surface area contributed by atoms with Crippen LogP contribution < -0.4 is 0 Å². The summed E-state index contributed by atoms with van der Waals surface area (Å²) in [4.78, 5) is 21.1. The first kappa shape index (κ1) is 13.9. The average Bonchev–Trinajstić information content (AvgIpc) is 2.77. The van der Waals surface area contributed by atoms with E-state index in [4.69, 9.17) is 16.7 Å². The monoisotopic (exact) mass is 406 g/mol. The van der Waals surface area contributed by atoms with Crippen molar-refractivity contribution >= 4 is 45.8 Å². The van der Waals surface area contributed by atoms with Crippen LogP contribution in [0.15, 0.2) is 12.4 Å². The molecular weight excluding hydrogens is 395 g/mol. The van der Waals surface area contributed by atoms with Crippen LogP contribution in [0.2, 0.25) is 5.15 Å². The highest BCUT2D eigenvalue weighted by atomic mass is 127. The molecule has 3 rings (SSSR count). The molecule has 0 spiro atoms. The first-order chi connectivity index (χ1) is 9.58. The molecule has 2 aromatic rings. The molecular formula is C12H12ClIN4O2. The van der Waals surface area contributed by atoms with Crippen molar-refractivity contribution in [2.75, 3.05) is 13.1 Å². The lowest BCUT2D eigenvalue weighted by Gasteiger charge is -2.29. The van der Waals surface area contributed by atoms with E-state index >= 15 is 0 Å². The summed E-state index contributed by atoms with van der Waals surface area (Å²) in [5.41, 5.74) is 0.824. The van der Waals surface area contributed by atoms with Crippen molar-refractivity contribution in [2.24, 2.45) is 0 Å². The molecule has 1 aliphatic heterocycles. The third-order valence-corrected chi connectivity index (χ3v) is 4.65. The van der Waals surface area contributed by atoms with Crippen molar-refractivity contribution in [1.82, 2.24) is 19.3 Å². The zero-order valence-electron chi connectivity index (χ0n) is 10.5. The fraction of sp³-hybridized carbons (Fsp3) is 0.417. The van der Waals surface area contributed by atoms with Gasteiger partial charge in [0.2, 0.25) is 0 Å². The van der Waals surface area contributed by atoms with Crippen LogP contribution in [-0.2, 0) is 0 Å². The molecule has 0 aromatic carbocycles. The van der Waals surface area contributed by atoms with Gasteiger partial charge in [-0.05, 0) is 35.4 Å². The maximum Gasteiger partial charge on any atom is 0.407 e. The molecule has 20 heavy (non-hydrogen) atoms. The Kier molecular flexibility index (Phi) is 3.72. The highest BCUT2D eigenvalue weighted by Gasteiger charge is 2.27. The molecule has 3 heterocycles. The molecule has 1 saturated heterocycles. The highest BCUT2D eigenvalue weighted by molar-refractivity contribution is 14.1. The molecule has 0 saturated carbocycles. The Morgan fingerprint density at radius 2 is 2.15 bits per heavy atom. The maximum atomic E-state index is 10.9. The first-order valence-electron chi connectivity index (χ1n) is 6.23. The number of rotatable bonds is 1. The van der Waals surface area contributed by atoms with Crippen LogP contribution in [0.4, 0.5) is 4.79 Å². The normalized spacial score (nSPS) is 16.8. The van der Waals surface area contributed by atoms with Gasteiger partial charge in [-0.1, -0.05) is 11.6 Å². The van der Waals surface area contributed by atoms with Crippen LogP contribution in [0.5, 0.6) is 0 Å². The summed E-state index contributed by atoms with van der Waals surface area (Å²) in [6.07, 6.45) is 4.22. The third kappa shape index (κ3) is 2.32. The summed E-state index contributed by atoms with van der Waals surface area (Å²) in [7, 11) is 0. The number of amides is 1. The summed E-state index contributed by atoms with van der Waals surface area (Å²) < 4.78 is 2.80. The second-order valence-electron chi connectivity index (χ2n) is 4.74. The molecule has 1 N–H and O–H groups in total. The van der Waals surface area contributed by atoms with E-state index in [1.165, 1.54) is 4.90 Å². The molecule has 1 aliphatic rings. The Morgan fingerprint density at radius 1 is 1.45 bits per heavy atom. The van der Waals surface area contributed by atoms with Crippen LogP contribution in [0.3, 0.4) is 0 Å². The van der Waals surface area contributed by atoms with Crippen LogP contribution in [0.25, 0.3) is 5.52 Å². The van der Waals surface area contributed by atoms with Gasteiger partial charge in [-0.3, -0.25) is 4.40 Å². The Labute approximate surface area is 133 Å². The first-order valence-corrected chi connectivity index (χ1v) is 7.69. The summed E-state index contributed by atoms with van der Waals surface area (Å²) >= 11 is 8.27. The lowest BCUT2D eigenvalue weighted by molar-refractivity contribution is 0.131.